The average molecular weight is 683 g/mol. The van der Waals surface area contributed by atoms with Crippen LogP contribution in [-0.2, 0) is 8.85 Å². The molecule has 4 aliphatic carbocycles. The molecule has 0 heterocycles. The Morgan fingerprint density at radius 3 is 1.27 bits per heavy atom. The van der Waals surface area contributed by atoms with Crippen molar-refractivity contribution in [3.05, 3.63) is 0 Å². The van der Waals surface area contributed by atoms with Gasteiger partial charge in [0.2, 0.25) is 0 Å². The van der Waals surface area contributed by atoms with Crippen molar-refractivity contribution < 1.29 is 8.85 Å². The first-order valence-corrected chi connectivity index (χ1v) is 27.0. The van der Waals surface area contributed by atoms with Crippen molar-refractivity contribution in [1.29, 1.82) is 0 Å². The van der Waals surface area contributed by atoms with E-state index in [1.54, 1.807) is 0 Å². The van der Waals surface area contributed by atoms with Crippen molar-refractivity contribution in [2.75, 3.05) is 11.5 Å². The quantitative estimate of drug-likeness (QED) is 0.123. The van der Waals surface area contributed by atoms with Gasteiger partial charge in [0, 0.05) is 23.7 Å². The third-order valence-corrected chi connectivity index (χ3v) is 26.7. The van der Waals surface area contributed by atoms with Gasteiger partial charge in [-0.1, -0.05) is 104 Å². The Morgan fingerprint density at radius 2 is 0.955 bits per heavy atom. The van der Waals surface area contributed by atoms with Crippen LogP contribution in [0.3, 0.4) is 0 Å². The maximum atomic E-state index is 7.14. The predicted octanol–water partition coefficient (Wildman–Crippen LogP) is 12.9. The molecule has 0 aromatic heterocycles. The molecule has 0 aromatic rings. The largest absolute Gasteiger partial charge is 0.414 e. The third kappa shape index (κ3) is 7.61. The molecule has 0 aromatic carbocycles. The minimum atomic E-state index is -1.73. The Kier molecular flexibility index (Phi) is 11.8. The summed E-state index contributed by atoms with van der Waals surface area (Å²) in [6.45, 7) is 34.8. The molecule has 2 unspecified atom stereocenters. The molecule has 0 N–H and O–H groups in total. The van der Waals surface area contributed by atoms with Gasteiger partial charge in [-0.05, 0) is 134 Å². The molecule has 44 heavy (non-hydrogen) atoms. The molecular formula is C38H74O2S2Si2. The topological polar surface area (TPSA) is 18.5 Å². The zero-order chi connectivity index (χ0) is 32.9. The molecule has 258 valence electrons. The summed E-state index contributed by atoms with van der Waals surface area (Å²) in [6, 6.07) is 0. The summed E-state index contributed by atoms with van der Waals surface area (Å²) in [4.78, 5) is 0. The van der Waals surface area contributed by atoms with Crippen LogP contribution in [0.2, 0.25) is 36.3 Å². The van der Waals surface area contributed by atoms with E-state index in [0.29, 0.717) is 33.1 Å². The van der Waals surface area contributed by atoms with E-state index >= 15 is 0 Å². The molecule has 2 nitrogen and oxygen atoms in total. The lowest BCUT2D eigenvalue weighted by atomic mass is 9.62. The summed E-state index contributed by atoms with van der Waals surface area (Å²) in [7, 11) is 0.932. The second-order valence-corrected chi connectivity index (χ2v) is 31.8. The molecule has 6 heteroatoms. The predicted molar refractivity (Wildman–Crippen MR) is 204 cm³/mol. The first-order valence-electron chi connectivity index (χ1n) is 18.7. The molecule has 4 fully saturated rings. The normalized spacial score (nSPS) is 38.3. The Hall–Kier alpha value is 1.05. The van der Waals surface area contributed by atoms with Gasteiger partial charge in [-0.15, -0.1) is 0 Å². The van der Waals surface area contributed by atoms with E-state index in [9.17, 15) is 0 Å². The first-order chi connectivity index (χ1) is 20.1. The highest BCUT2D eigenvalue weighted by molar-refractivity contribution is 8.76. The summed E-state index contributed by atoms with van der Waals surface area (Å²) < 4.78 is 14.3. The van der Waals surface area contributed by atoms with Crippen LogP contribution in [0.4, 0.5) is 0 Å². The van der Waals surface area contributed by atoms with Gasteiger partial charge in [0.05, 0.1) is 0 Å². The lowest BCUT2D eigenvalue weighted by Crippen LogP contribution is -2.50. The second-order valence-electron chi connectivity index (χ2n) is 19.7. The standard InChI is InChI=1S/C38H74O2S2Si2/c1-27(29-19-21-31-33(17-15-23-37(29,31)9)39-43(11,12)35(3,4)5)25-41-42-26-28(2)30-20-22-32-34(18-16-24-38(30,32)10)40-44(13,14)36(6,7)8/h27-34H,15-26H2,1-14H3/t27-,28-,29?,30?,31+,32+,33+,34+,37-,38-/m1/s1. The summed E-state index contributed by atoms with van der Waals surface area (Å²) >= 11 is 0. The van der Waals surface area contributed by atoms with Crippen molar-refractivity contribution in [2.24, 2.45) is 46.3 Å². The van der Waals surface area contributed by atoms with Crippen molar-refractivity contribution in [1.82, 2.24) is 0 Å². The fourth-order valence-electron chi connectivity index (χ4n) is 10.1. The second kappa shape index (κ2) is 13.8. The molecule has 0 bridgehead atoms. The van der Waals surface area contributed by atoms with Crippen LogP contribution >= 0.6 is 21.6 Å². The fraction of sp³-hybridized carbons (Fsp3) is 1.00. The molecular weight excluding hydrogens is 609 g/mol. The lowest BCUT2D eigenvalue weighted by molar-refractivity contribution is -0.0184. The molecule has 0 spiro atoms. The van der Waals surface area contributed by atoms with E-state index in [2.05, 4.69) is 117 Å². The maximum absolute atomic E-state index is 7.14. The highest BCUT2D eigenvalue weighted by Crippen LogP contribution is 2.61. The van der Waals surface area contributed by atoms with Gasteiger partial charge < -0.3 is 8.85 Å². The molecule has 4 aliphatic rings. The Balaban J connectivity index is 1.28. The van der Waals surface area contributed by atoms with Crippen LogP contribution in [0, 0.1) is 46.3 Å². The van der Waals surface area contributed by atoms with Gasteiger partial charge in [-0.2, -0.15) is 0 Å². The third-order valence-electron chi connectivity index (χ3n) is 14.9. The molecule has 0 amide bonds. The summed E-state index contributed by atoms with van der Waals surface area (Å²) in [5.41, 5.74) is 0.946. The van der Waals surface area contributed by atoms with Gasteiger partial charge in [-0.25, -0.2) is 0 Å². The monoisotopic (exact) mass is 682 g/mol. The average Bonchev–Trinajstić information content (AvgIpc) is 3.42. The summed E-state index contributed by atoms with van der Waals surface area (Å²) in [5.74, 6) is 7.47. The van der Waals surface area contributed by atoms with Gasteiger partial charge in [0.15, 0.2) is 16.6 Å². The Bertz CT molecular complexity index is 881. The zero-order valence-electron chi connectivity index (χ0n) is 31.7. The van der Waals surface area contributed by atoms with E-state index in [0.717, 1.165) is 35.5 Å². The maximum Gasteiger partial charge on any atom is 0.192 e. The fourth-order valence-corrected chi connectivity index (χ4v) is 15.9. The minimum absolute atomic E-state index is 0.297. The van der Waals surface area contributed by atoms with Crippen LogP contribution in [0.15, 0.2) is 0 Å². The highest BCUT2D eigenvalue weighted by Gasteiger charge is 2.56. The van der Waals surface area contributed by atoms with Crippen molar-refractivity contribution >= 4 is 38.2 Å². The van der Waals surface area contributed by atoms with Crippen molar-refractivity contribution in [3.63, 3.8) is 0 Å². The van der Waals surface area contributed by atoms with E-state index in [1.165, 1.54) is 75.7 Å². The molecule has 10 atom stereocenters. The van der Waals surface area contributed by atoms with Gasteiger partial charge in [-0.3, -0.25) is 0 Å². The lowest BCUT2D eigenvalue weighted by Gasteiger charge is -2.50. The van der Waals surface area contributed by atoms with Crippen LogP contribution in [0.5, 0.6) is 0 Å². The van der Waals surface area contributed by atoms with Crippen LogP contribution in [0.1, 0.15) is 133 Å². The van der Waals surface area contributed by atoms with Gasteiger partial charge >= 0.3 is 0 Å². The Morgan fingerprint density at radius 1 is 0.614 bits per heavy atom. The number of rotatable bonds is 11. The molecule has 4 rings (SSSR count). The SMILES string of the molecule is C[C@H](CSSC[C@@H](C)C1CC[C@H]2[C@@H](O[Si](C)(C)C(C)(C)C)CCC[C@]12C)C1CC[C@H]2[C@@H](O[Si](C)(C)C(C)(C)C)CCC[C@]12C. The van der Waals surface area contributed by atoms with Crippen LogP contribution < -0.4 is 0 Å². The minimum Gasteiger partial charge on any atom is -0.414 e. The highest BCUT2D eigenvalue weighted by atomic mass is 33.1. The van der Waals surface area contributed by atoms with Gasteiger partial charge in [0.1, 0.15) is 0 Å². The Labute approximate surface area is 285 Å². The number of fused-ring (bicyclic) bond motifs is 2. The number of hydrogen-bond acceptors (Lipinski definition) is 4. The smallest absolute Gasteiger partial charge is 0.192 e. The first kappa shape index (κ1) is 37.9. The molecule has 0 aliphatic heterocycles. The van der Waals surface area contributed by atoms with Crippen molar-refractivity contribution in [3.8, 4) is 0 Å². The van der Waals surface area contributed by atoms with Gasteiger partial charge in [0.25, 0.3) is 0 Å². The van der Waals surface area contributed by atoms with Crippen LogP contribution in [-0.4, -0.2) is 40.3 Å². The van der Waals surface area contributed by atoms with Crippen LogP contribution in [0.25, 0.3) is 0 Å². The van der Waals surface area contributed by atoms with E-state index in [4.69, 9.17) is 8.85 Å². The molecule has 0 radical (unpaired) electrons. The number of hydrogen-bond donors (Lipinski definition) is 0. The zero-order valence-corrected chi connectivity index (χ0v) is 35.4. The molecule has 0 saturated heterocycles. The van der Waals surface area contributed by atoms with E-state index < -0.39 is 16.6 Å². The summed E-state index contributed by atoms with van der Waals surface area (Å²) in [6.07, 6.45) is 14.7. The van der Waals surface area contributed by atoms with E-state index in [1.807, 2.05) is 0 Å². The molecule has 4 saturated carbocycles. The van der Waals surface area contributed by atoms with Crippen molar-refractivity contribution in [2.45, 2.75) is 182 Å². The van der Waals surface area contributed by atoms with E-state index in [-0.39, 0.29) is 0 Å². The summed E-state index contributed by atoms with van der Waals surface area (Å²) in [5, 5.41) is 0.594.